The Labute approximate surface area is 103 Å². The monoisotopic (exact) mass is 278 g/mol. The first-order chi connectivity index (χ1) is 6.51. The maximum atomic E-state index is 11.7. The van der Waals surface area contributed by atoms with Gasteiger partial charge in [-0.15, -0.1) is 24.8 Å². The number of hydrogen-bond donors (Lipinski definition) is 1. The predicted molar refractivity (Wildman–Crippen MR) is 58.2 cm³/mol. The van der Waals surface area contributed by atoms with Crippen LogP contribution < -0.4 is 10.5 Å². The van der Waals surface area contributed by atoms with E-state index in [1.807, 2.05) is 0 Å². The molecular formula is C8H11Cl2F3N2O. The zero-order valence-electron chi connectivity index (χ0n) is 8.03. The quantitative estimate of drug-likeness (QED) is 0.923. The molecule has 1 aromatic rings. The molecule has 94 valence electrons. The summed E-state index contributed by atoms with van der Waals surface area (Å²) < 4.78 is 39.7. The predicted octanol–water partition coefficient (Wildman–Crippen LogP) is 2.33. The molecule has 8 heteroatoms. The number of halogens is 5. The van der Waals surface area contributed by atoms with Gasteiger partial charge in [0.2, 0.25) is 5.88 Å². The van der Waals surface area contributed by atoms with Crippen molar-refractivity contribution >= 4 is 24.8 Å². The molecule has 1 aromatic heterocycles. The molecule has 0 saturated carbocycles. The van der Waals surface area contributed by atoms with Crippen LogP contribution in [0.1, 0.15) is 5.56 Å². The van der Waals surface area contributed by atoms with Gasteiger partial charge >= 0.3 is 6.18 Å². The van der Waals surface area contributed by atoms with E-state index in [2.05, 4.69) is 9.72 Å². The minimum Gasteiger partial charge on any atom is -0.468 e. The van der Waals surface area contributed by atoms with Crippen LogP contribution in [0, 0.1) is 0 Å². The van der Waals surface area contributed by atoms with E-state index in [1.165, 1.54) is 12.3 Å². The maximum absolute atomic E-state index is 11.7. The van der Waals surface area contributed by atoms with Gasteiger partial charge in [-0.1, -0.05) is 0 Å². The fraction of sp³-hybridized carbons (Fsp3) is 0.375. The van der Waals surface area contributed by atoms with Crippen molar-refractivity contribution in [2.24, 2.45) is 5.73 Å². The van der Waals surface area contributed by atoms with Gasteiger partial charge < -0.3 is 10.5 Å². The van der Waals surface area contributed by atoms with E-state index >= 15 is 0 Å². The number of rotatable bonds is 3. The number of ether oxygens (including phenoxy) is 1. The lowest BCUT2D eigenvalue weighted by Crippen LogP contribution is -2.19. The lowest BCUT2D eigenvalue weighted by Gasteiger charge is -2.08. The lowest BCUT2D eigenvalue weighted by molar-refractivity contribution is -0.154. The Morgan fingerprint density at radius 1 is 1.31 bits per heavy atom. The first-order valence-electron chi connectivity index (χ1n) is 3.86. The van der Waals surface area contributed by atoms with Crippen molar-refractivity contribution in [2.45, 2.75) is 12.7 Å². The van der Waals surface area contributed by atoms with Crippen LogP contribution in [-0.4, -0.2) is 17.8 Å². The molecule has 0 aliphatic heterocycles. The van der Waals surface area contributed by atoms with Crippen LogP contribution in [0.25, 0.3) is 0 Å². The van der Waals surface area contributed by atoms with Crippen LogP contribution in [0.5, 0.6) is 5.88 Å². The van der Waals surface area contributed by atoms with Crippen molar-refractivity contribution < 1.29 is 17.9 Å². The highest BCUT2D eigenvalue weighted by atomic mass is 35.5. The number of pyridine rings is 1. The highest BCUT2D eigenvalue weighted by molar-refractivity contribution is 5.85. The van der Waals surface area contributed by atoms with Crippen molar-refractivity contribution in [3.63, 3.8) is 0 Å². The molecular weight excluding hydrogens is 268 g/mol. The Kier molecular flexibility index (Phi) is 8.32. The van der Waals surface area contributed by atoms with Gasteiger partial charge in [-0.3, -0.25) is 0 Å². The zero-order valence-corrected chi connectivity index (χ0v) is 9.66. The van der Waals surface area contributed by atoms with Crippen LogP contribution in [0.3, 0.4) is 0 Å². The Bertz CT molecular complexity index is 310. The average Bonchev–Trinajstić information content (AvgIpc) is 2.14. The summed E-state index contributed by atoms with van der Waals surface area (Å²) in [6, 6.07) is 2.99. The summed E-state index contributed by atoms with van der Waals surface area (Å²) >= 11 is 0. The van der Waals surface area contributed by atoms with Gasteiger partial charge in [-0.05, 0) is 11.6 Å². The molecule has 0 radical (unpaired) electrons. The third-order valence-electron chi connectivity index (χ3n) is 1.42. The molecule has 0 aliphatic carbocycles. The molecule has 2 N–H and O–H groups in total. The standard InChI is InChI=1S/C8H9F3N2O.2ClH/c9-8(10,11)5-14-7-3-6(4-12)1-2-13-7;;/h1-3H,4-5,12H2;2*1H. The summed E-state index contributed by atoms with van der Waals surface area (Å²) in [6.45, 7) is -1.10. The van der Waals surface area contributed by atoms with Gasteiger partial charge in [0.1, 0.15) is 0 Å². The maximum Gasteiger partial charge on any atom is 0.422 e. The third-order valence-corrected chi connectivity index (χ3v) is 1.42. The van der Waals surface area contributed by atoms with Gasteiger partial charge in [-0.25, -0.2) is 4.98 Å². The molecule has 1 rings (SSSR count). The van der Waals surface area contributed by atoms with E-state index < -0.39 is 12.8 Å². The smallest absolute Gasteiger partial charge is 0.422 e. The van der Waals surface area contributed by atoms with Crippen LogP contribution in [0.2, 0.25) is 0 Å². The minimum absolute atomic E-state index is 0. The van der Waals surface area contributed by atoms with Gasteiger partial charge in [0.05, 0.1) is 0 Å². The molecule has 1 heterocycles. The largest absolute Gasteiger partial charge is 0.468 e. The molecule has 16 heavy (non-hydrogen) atoms. The summed E-state index contributed by atoms with van der Waals surface area (Å²) in [6.07, 6.45) is -2.99. The molecule has 0 spiro atoms. The fourth-order valence-corrected chi connectivity index (χ4v) is 0.812. The molecule has 0 unspecified atom stereocenters. The number of aromatic nitrogens is 1. The average molecular weight is 279 g/mol. The van der Waals surface area contributed by atoms with E-state index in [0.717, 1.165) is 0 Å². The second-order valence-corrected chi connectivity index (χ2v) is 2.61. The summed E-state index contributed by atoms with van der Waals surface area (Å²) in [4.78, 5) is 3.61. The van der Waals surface area contributed by atoms with Gasteiger partial charge in [-0.2, -0.15) is 13.2 Å². The molecule has 0 aliphatic rings. The van der Waals surface area contributed by atoms with E-state index in [4.69, 9.17) is 5.73 Å². The van der Waals surface area contributed by atoms with E-state index in [9.17, 15) is 13.2 Å². The number of hydrogen-bond acceptors (Lipinski definition) is 3. The first kappa shape index (κ1) is 17.7. The van der Waals surface area contributed by atoms with E-state index in [-0.39, 0.29) is 37.2 Å². The van der Waals surface area contributed by atoms with Gasteiger partial charge in [0.25, 0.3) is 0 Å². The highest BCUT2D eigenvalue weighted by Crippen LogP contribution is 2.17. The Hall–Kier alpha value is -0.720. The lowest BCUT2D eigenvalue weighted by atomic mass is 10.3. The molecule has 0 aromatic carbocycles. The van der Waals surface area contributed by atoms with Crippen molar-refractivity contribution in [1.82, 2.24) is 4.98 Å². The van der Waals surface area contributed by atoms with E-state index in [0.29, 0.717) is 5.56 Å². The Balaban J connectivity index is 0. The summed E-state index contributed by atoms with van der Waals surface area (Å²) in [5, 5.41) is 0. The SMILES string of the molecule is Cl.Cl.NCc1ccnc(OCC(F)(F)F)c1. The highest BCUT2D eigenvalue weighted by Gasteiger charge is 2.28. The normalized spacial score (nSPS) is 10.0. The van der Waals surface area contributed by atoms with Gasteiger partial charge in [0.15, 0.2) is 6.61 Å². The summed E-state index contributed by atoms with van der Waals surface area (Å²) in [7, 11) is 0. The Morgan fingerprint density at radius 3 is 2.44 bits per heavy atom. The molecule has 0 bridgehead atoms. The van der Waals surface area contributed by atoms with Crippen LogP contribution in [0.15, 0.2) is 18.3 Å². The van der Waals surface area contributed by atoms with Crippen molar-refractivity contribution in [1.29, 1.82) is 0 Å². The minimum atomic E-state index is -4.35. The molecule has 0 saturated heterocycles. The van der Waals surface area contributed by atoms with Crippen molar-refractivity contribution in [3.05, 3.63) is 23.9 Å². The van der Waals surface area contributed by atoms with E-state index in [1.54, 1.807) is 6.07 Å². The topological polar surface area (TPSA) is 48.1 Å². The summed E-state index contributed by atoms with van der Waals surface area (Å²) in [5.41, 5.74) is 5.97. The zero-order chi connectivity index (χ0) is 10.6. The number of alkyl halides is 3. The molecule has 0 atom stereocenters. The van der Waals surface area contributed by atoms with Crippen LogP contribution >= 0.6 is 24.8 Å². The van der Waals surface area contributed by atoms with Crippen molar-refractivity contribution in [3.8, 4) is 5.88 Å². The second-order valence-electron chi connectivity index (χ2n) is 2.61. The third kappa shape index (κ3) is 6.71. The van der Waals surface area contributed by atoms with Gasteiger partial charge in [0, 0.05) is 18.8 Å². The van der Waals surface area contributed by atoms with Crippen LogP contribution in [0.4, 0.5) is 13.2 Å². The van der Waals surface area contributed by atoms with Crippen molar-refractivity contribution in [2.75, 3.05) is 6.61 Å². The summed E-state index contributed by atoms with van der Waals surface area (Å²) in [5.74, 6) is -0.0646. The molecule has 3 nitrogen and oxygen atoms in total. The second kappa shape index (κ2) is 7.54. The number of nitrogens with zero attached hydrogens (tertiary/aromatic N) is 1. The number of nitrogens with two attached hydrogens (primary N) is 1. The van der Waals surface area contributed by atoms with Crippen LogP contribution in [-0.2, 0) is 6.54 Å². The fourth-order valence-electron chi connectivity index (χ4n) is 0.812. The first-order valence-corrected chi connectivity index (χ1v) is 3.86. The molecule has 0 amide bonds. The Morgan fingerprint density at radius 2 is 1.94 bits per heavy atom. The molecule has 0 fully saturated rings.